The maximum absolute atomic E-state index is 5.47. The molecule has 110 valence electrons. The fraction of sp³-hybridized carbons (Fsp3) is 0.133. The van der Waals surface area contributed by atoms with E-state index in [1.807, 2.05) is 17.5 Å². The van der Waals surface area contributed by atoms with Crippen LogP contribution in [0.2, 0.25) is 0 Å². The zero-order valence-electron chi connectivity index (χ0n) is 11.6. The number of methoxy groups -OCH3 is 1. The SMILES string of the molecule is COc1cc(-c2nscc2-c2cncnc2)cc2c1OCO2. The smallest absolute Gasteiger partial charge is 0.231 e. The van der Waals surface area contributed by atoms with Crippen molar-refractivity contribution in [3.63, 3.8) is 0 Å². The van der Waals surface area contributed by atoms with Gasteiger partial charge in [-0.1, -0.05) is 0 Å². The molecule has 0 fully saturated rings. The Balaban J connectivity index is 1.86. The lowest BCUT2D eigenvalue weighted by molar-refractivity contribution is 0.171. The van der Waals surface area contributed by atoms with Crippen LogP contribution in [0.4, 0.5) is 0 Å². The van der Waals surface area contributed by atoms with Gasteiger partial charge in [0.2, 0.25) is 12.5 Å². The summed E-state index contributed by atoms with van der Waals surface area (Å²) in [6, 6.07) is 3.81. The molecule has 1 aliphatic rings. The summed E-state index contributed by atoms with van der Waals surface area (Å²) in [7, 11) is 1.61. The largest absolute Gasteiger partial charge is 0.493 e. The molecule has 0 amide bonds. The number of benzene rings is 1. The maximum atomic E-state index is 5.47. The van der Waals surface area contributed by atoms with Crippen LogP contribution < -0.4 is 14.2 Å². The van der Waals surface area contributed by atoms with E-state index in [1.54, 1.807) is 19.5 Å². The van der Waals surface area contributed by atoms with Crippen molar-refractivity contribution >= 4 is 11.5 Å². The van der Waals surface area contributed by atoms with Gasteiger partial charge in [0.15, 0.2) is 11.5 Å². The molecule has 7 heteroatoms. The van der Waals surface area contributed by atoms with Gasteiger partial charge in [-0.2, -0.15) is 4.37 Å². The van der Waals surface area contributed by atoms with Gasteiger partial charge < -0.3 is 14.2 Å². The van der Waals surface area contributed by atoms with Crippen LogP contribution in [0.25, 0.3) is 22.4 Å². The molecular formula is C15H11N3O3S. The highest BCUT2D eigenvalue weighted by molar-refractivity contribution is 7.04. The Morgan fingerprint density at radius 3 is 2.82 bits per heavy atom. The molecule has 22 heavy (non-hydrogen) atoms. The minimum absolute atomic E-state index is 0.200. The molecule has 4 rings (SSSR count). The van der Waals surface area contributed by atoms with Crippen LogP contribution >= 0.6 is 11.5 Å². The fourth-order valence-corrected chi connectivity index (χ4v) is 3.07. The van der Waals surface area contributed by atoms with Crippen molar-refractivity contribution in [3.8, 4) is 39.6 Å². The first-order valence-electron chi connectivity index (χ1n) is 6.54. The number of hydrogen-bond acceptors (Lipinski definition) is 7. The van der Waals surface area contributed by atoms with Crippen molar-refractivity contribution < 1.29 is 14.2 Å². The number of nitrogens with zero attached hydrogens (tertiary/aromatic N) is 3. The molecule has 3 aromatic rings. The summed E-state index contributed by atoms with van der Waals surface area (Å²) in [5.74, 6) is 1.93. The van der Waals surface area contributed by atoms with Crippen LogP contribution in [-0.4, -0.2) is 28.2 Å². The first-order valence-corrected chi connectivity index (χ1v) is 7.38. The quantitative estimate of drug-likeness (QED) is 0.740. The minimum Gasteiger partial charge on any atom is -0.493 e. The molecule has 0 N–H and O–H groups in total. The van der Waals surface area contributed by atoms with Crippen LogP contribution in [0, 0.1) is 0 Å². The summed E-state index contributed by atoms with van der Waals surface area (Å²) in [4.78, 5) is 8.13. The normalized spacial score (nSPS) is 12.4. The molecule has 0 radical (unpaired) electrons. The third-order valence-corrected chi connectivity index (χ3v) is 4.00. The van der Waals surface area contributed by atoms with Gasteiger partial charge in [-0.15, -0.1) is 0 Å². The maximum Gasteiger partial charge on any atom is 0.231 e. The molecule has 1 aromatic carbocycles. The molecule has 6 nitrogen and oxygen atoms in total. The zero-order chi connectivity index (χ0) is 14.9. The van der Waals surface area contributed by atoms with E-state index in [4.69, 9.17) is 14.2 Å². The highest BCUT2D eigenvalue weighted by Gasteiger charge is 2.22. The summed E-state index contributed by atoms with van der Waals surface area (Å²) in [5, 5.41) is 1.98. The van der Waals surface area contributed by atoms with Crippen LogP contribution in [0.1, 0.15) is 0 Å². The molecule has 0 bridgehead atoms. The number of aromatic nitrogens is 3. The van der Waals surface area contributed by atoms with Crippen molar-refractivity contribution in [3.05, 3.63) is 36.2 Å². The zero-order valence-corrected chi connectivity index (χ0v) is 12.5. The number of hydrogen-bond donors (Lipinski definition) is 0. The standard InChI is InChI=1S/C15H11N3O3S/c1-19-12-2-9(3-13-15(12)21-8-20-13)14-11(6-22-18-14)10-4-16-7-17-5-10/h2-7H,8H2,1H3. The fourth-order valence-electron chi connectivity index (χ4n) is 2.35. The van der Waals surface area contributed by atoms with E-state index in [-0.39, 0.29) is 6.79 Å². The summed E-state index contributed by atoms with van der Waals surface area (Å²) in [5.41, 5.74) is 3.65. The molecule has 0 atom stereocenters. The van der Waals surface area contributed by atoms with Gasteiger partial charge in [0, 0.05) is 34.5 Å². The summed E-state index contributed by atoms with van der Waals surface area (Å²) >= 11 is 1.38. The lowest BCUT2D eigenvalue weighted by atomic mass is 10.0. The van der Waals surface area contributed by atoms with Crippen molar-refractivity contribution in [1.29, 1.82) is 0 Å². The Kier molecular flexibility index (Phi) is 3.12. The number of rotatable bonds is 3. The van der Waals surface area contributed by atoms with E-state index in [2.05, 4.69) is 14.3 Å². The lowest BCUT2D eigenvalue weighted by Gasteiger charge is -2.08. The highest BCUT2D eigenvalue weighted by Crippen LogP contribution is 2.45. The van der Waals surface area contributed by atoms with E-state index >= 15 is 0 Å². The Bertz CT molecular complexity index is 820. The Morgan fingerprint density at radius 2 is 2.00 bits per heavy atom. The van der Waals surface area contributed by atoms with Crippen LogP contribution in [0.3, 0.4) is 0 Å². The molecule has 0 aliphatic carbocycles. The minimum atomic E-state index is 0.200. The third kappa shape index (κ3) is 2.06. The molecule has 3 heterocycles. The second kappa shape index (κ2) is 5.27. The van der Waals surface area contributed by atoms with E-state index in [1.165, 1.54) is 17.9 Å². The van der Waals surface area contributed by atoms with Gasteiger partial charge in [-0.05, 0) is 23.7 Å². The predicted molar refractivity (Wildman–Crippen MR) is 81.3 cm³/mol. The van der Waals surface area contributed by atoms with Gasteiger partial charge in [-0.25, -0.2) is 9.97 Å². The number of fused-ring (bicyclic) bond motifs is 1. The van der Waals surface area contributed by atoms with Gasteiger partial charge in [0.25, 0.3) is 0 Å². The van der Waals surface area contributed by atoms with Crippen molar-refractivity contribution in [2.75, 3.05) is 13.9 Å². The van der Waals surface area contributed by atoms with Gasteiger partial charge in [0.1, 0.15) is 6.33 Å². The summed E-state index contributed by atoms with van der Waals surface area (Å²) in [6.07, 6.45) is 5.04. The lowest BCUT2D eigenvalue weighted by Crippen LogP contribution is -1.93. The molecule has 0 saturated heterocycles. The molecule has 0 saturated carbocycles. The van der Waals surface area contributed by atoms with E-state index < -0.39 is 0 Å². The summed E-state index contributed by atoms with van der Waals surface area (Å²) in [6.45, 7) is 0.200. The first kappa shape index (κ1) is 13.0. The number of ether oxygens (including phenoxy) is 3. The van der Waals surface area contributed by atoms with Crippen LogP contribution in [0.5, 0.6) is 17.2 Å². The van der Waals surface area contributed by atoms with Gasteiger partial charge in [0.05, 0.1) is 12.8 Å². The van der Waals surface area contributed by atoms with E-state index in [0.29, 0.717) is 17.2 Å². The highest BCUT2D eigenvalue weighted by atomic mass is 32.1. The Labute approximate surface area is 130 Å². The third-order valence-electron chi connectivity index (χ3n) is 3.37. The van der Waals surface area contributed by atoms with E-state index in [9.17, 15) is 0 Å². The van der Waals surface area contributed by atoms with Crippen molar-refractivity contribution in [1.82, 2.24) is 14.3 Å². The molecule has 2 aromatic heterocycles. The van der Waals surface area contributed by atoms with E-state index in [0.717, 1.165) is 22.4 Å². The van der Waals surface area contributed by atoms with Crippen molar-refractivity contribution in [2.45, 2.75) is 0 Å². The average molecular weight is 313 g/mol. The van der Waals surface area contributed by atoms with Crippen LogP contribution in [0.15, 0.2) is 36.2 Å². The molecular weight excluding hydrogens is 302 g/mol. The average Bonchev–Trinajstić information content (AvgIpc) is 3.23. The predicted octanol–water partition coefficient (Wildman–Crippen LogP) is 3.00. The van der Waals surface area contributed by atoms with Crippen molar-refractivity contribution in [2.24, 2.45) is 0 Å². The second-order valence-electron chi connectivity index (χ2n) is 4.62. The molecule has 0 spiro atoms. The summed E-state index contributed by atoms with van der Waals surface area (Å²) < 4.78 is 20.8. The van der Waals surface area contributed by atoms with Gasteiger partial charge in [-0.3, -0.25) is 0 Å². The van der Waals surface area contributed by atoms with Gasteiger partial charge >= 0.3 is 0 Å². The Hall–Kier alpha value is -2.67. The molecule has 0 unspecified atom stereocenters. The monoisotopic (exact) mass is 313 g/mol. The second-order valence-corrected chi connectivity index (χ2v) is 5.25. The molecule has 1 aliphatic heterocycles. The first-order chi connectivity index (χ1) is 10.9. The van der Waals surface area contributed by atoms with Crippen LogP contribution in [-0.2, 0) is 0 Å². The Morgan fingerprint density at radius 1 is 1.14 bits per heavy atom. The topological polar surface area (TPSA) is 66.4 Å².